The van der Waals surface area contributed by atoms with Crippen LogP contribution in [0.1, 0.15) is 47.5 Å². The van der Waals surface area contributed by atoms with Gasteiger partial charge in [-0.25, -0.2) is 0 Å². The summed E-state index contributed by atoms with van der Waals surface area (Å²) >= 11 is 0. The fourth-order valence-corrected chi connectivity index (χ4v) is 2.30. The lowest BCUT2D eigenvalue weighted by Crippen LogP contribution is -2.42. The van der Waals surface area contributed by atoms with Gasteiger partial charge >= 0.3 is 0 Å². The molecule has 0 aromatic carbocycles. The van der Waals surface area contributed by atoms with Gasteiger partial charge in [-0.1, -0.05) is 20.8 Å². The van der Waals surface area contributed by atoms with E-state index in [1.54, 1.807) is 7.11 Å². The van der Waals surface area contributed by atoms with E-state index < -0.39 is 0 Å². The molecule has 0 saturated heterocycles. The minimum atomic E-state index is 0.595. The second kappa shape index (κ2) is 10.8. The summed E-state index contributed by atoms with van der Waals surface area (Å²) in [6.07, 6.45) is 2.41. The molecule has 0 aromatic heterocycles. The highest BCUT2D eigenvalue weighted by molar-refractivity contribution is 4.74. The van der Waals surface area contributed by atoms with Crippen LogP contribution >= 0.6 is 0 Å². The van der Waals surface area contributed by atoms with Gasteiger partial charge in [0.15, 0.2) is 0 Å². The van der Waals surface area contributed by atoms with Crippen molar-refractivity contribution in [3.8, 4) is 0 Å². The molecule has 2 unspecified atom stereocenters. The molecular formula is C15H34N2O. The van der Waals surface area contributed by atoms with Crippen LogP contribution in [0.15, 0.2) is 0 Å². The molecule has 0 heterocycles. The number of nitrogens with zero attached hydrogens (tertiary/aromatic N) is 1. The molecule has 0 aliphatic heterocycles. The Balaban J connectivity index is 4.13. The van der Waals surface area contributed by atoms with Gasteiger partial charge in [-0.05, 0) is 39.2 Å². The molecule has 0 saturated carbocycles. The summed E-state index contributed by atoms with van der Waals surface area (Å²) in [7, 11) is 1.78. The second-order valence-electron chi connectivity index (χ2n) is 5.82. The molecule has 0 radical (unpaired) electrons. The summed E-state index contributed by atoms with van der Waals surface area (Å²) in [4.78, 5) is 2.55. The predicted molar refractivity (Wildman–Crippen MR) is 80.1 cm³/mol. The largest absolute Gasteiger partial charge is 0.383 e. The Hall–Kier alpha value is -0.120. The Morgan fingerprint density at radius 2 is 1.83 bits per heavy atom. The fraction of sp³-hybridized carbons (Fsp3) is 1.00. The highest BCUT2D eigenvalue weighted by Gasteiger charge is 2.17. The van der Waals surface area contributed by atoms with Gasteiger partial charge in [0, 0.05) is 32.3 Å². The number of hydrogen-bond acceptors (Lipinski definition) is 3. The van der Waals surface area contributed by atoms with Crippen molar-refractivity contribution in [3.05, 3.63) is 0 Å². The first-order valence-corrected chi connectivity index (χ1v) is 7.47. The molecule has 0 aliphatic rings. The normalized spacial score (nSPS) is 15.3. The minimum absolute atomic E-state index is 0.595. The number of methoxy groups -OCH3 is 1. The zero-order valence-electron chi connectivity index (χ0n) is 13.3. The van der Waals surface area contributed by atoms with Crippen molar-refractivity contribution in [2.75, 3.05) is 33.4 Å². The van der Waals surface area contributed by atoms with Crippen LogP contribution in [0.25, 0.3) is 0 Å². The molecule has 2 atom stereocenters. The maximum absolute atomic E-state index is 5.22. The number of nitrogens with one attached hydrogen (secondary N) is 1. The van der Waals surface area contributed by atoms with Crippen LogP contribution in [0.5, 0.6) is 0 Å². The third kappa shape index (κ3) is 8.90. The highest BCUT2D eigenvalue weighted by Crippen LogP contribution is 2.10. The second-order valence-corrected chi connectivity index (χ2v) is 5.82. The lowest BCUT2D eigenvalue weighted by atomic mass is 10.1. The van der Waals surface area contributed by atoms with E-state index in [1.807, 2.05) is 0 Å². The van der Waals surface area contributed by atoms with Gasteiger partial charge in [0.25, 0.3) is 0 Å². The zero-order chi connectivity index (χ0) is 14.0. The molecule has 0 fully saturated rings. The SMILES string of the molecule is CCCNC(C)CC(C)N(CCOC)CC(C)C. The number of hydrogen-bond donors (Lipinski definition) is 1. The van der Waals surface area contributed by atoms with Crippen molar-refractivity contribution < 1.29 is 4.74 Å². The smallest absolute Gasteiger partial charge is 0.0589 e. The van der Waals surface area contributed by atoms with Crippen LogP contribution in [0.4, 0.5) is 0 Å². The molecule has 110 valence electrons. The van der Waals surface area contributed by atoms with Crippen molar-refractivity contribution in [1.82, 2.24) is 10.2 Å². The number of rotatable bonds is 11. The van der Waals surface area contributed by atoms with Crippen molar-refractivity contribution in [1.29, 1.82) is 0 Å². The third-order valence-electron chi connectivity index (χ3n) is 3.24. The van der Waals surface area contributed by atoms with Gasteiger partial charge < -0.3 is 10.1 Å². The minimum Gasteiger partial charge on any atom is -0.383 e. The topological polar surface area (TPSA) is 24.5 Å². The first-order chi connectivity index (χ1) is 8.51. The standard InChI is InChI=1S/C15H34N2O/c1-7-8-16-14(4)11-15(5)17(9-10-18-6)12-13(2)3/h13-16H,7-12H2,1-6H3. The fourth-order valence-electron chi connectivity index (χ4n) is 2.30. The van der Waals surface area contributed by atoms with Crippen LogP contribution in [0, 0.1) is 5.92 Å². The average molecular weight is 258 g/mol. The van der Waals surface area contributed by atoms with E-state index in [0.717, 1.165) is 26.2 Å². The summed E-state index contributed by atoms with van der Waals surface area (Å²) in [5, 5.41) is 3.57. The van der Waals surface area contributed by atoms with E-state index in [4.69, 9.17) is 4.74 Å². The average Bonchev–Trinajstić information content (AvgIpc) is 2.31. The molecule has 0 aliphatic carbocycles. The van der Waals surface area contributed by atoms with Crippen LogP contribution in [0.2, 0.25) is 0 Å². The van der Waals surface area contributed by atoms with Crippen molar-refractivity contribution in [2.45, 2.75) is 59.5 Å². The first-order valence-electron chi connectivity index (χ1n) is 7.47. The molecule has 0 spiro atoms. The molecule has 18 heavy (non-hydrogen) atoms. The van der Waals surface area contributed by atoms with Crippen molar-refractivity contribution >= 4 is 0 Å². The summed E-state index contributed by atoms with van der Waals surface area (Å²) in [6.45, 7) is 15.5. The van der Waals surface area contributed by atoms with E-state index in [1.165, 1.54) is 12.8 Å². The van der Waals surface area contributed by atoms with Gasteiger partial charge in [-0.2, -0.15) is 0 Å². The maximum Gasteiger partial charge on any atom is 0.0589 e. The Morgan fingerprint density at radius 3 is 2.33 bits per heavy atom. The summed E-state index contributed by atoms with van der Waals surface area (Å²) in [6, 6.07) is 1.21. The molecular weight excluding hydrogens is 224 g/mol. The summed E-state index contributed by atoms with van der Waals surface area (Å²) in [5.74, 6) is 0.711. The van der Waals surface area contributed by atoms with Gasteiger partial charge in [-0.15, -0.1) is 0 Å². The lowest BCUT2D eigenvalue weighted by molar-refractivity contribution is 0.108. The monoisotopic (exact) mass is 258 g/mol. The van der Waals surface area contributed by atoms with Gasteiger partial charge in [0.05, 0.1) is 6.61 Å². The highest BCUT2D eigenvalue weighted by atomic mass is 16.5. The third-order valence-corrected chi connectivity index (χ3v) is 3.24. The molecule has 3 nitrogen and oxygen atoms in total. The molecule has 3 heteroatoms. The summed E-state index contributed by atoms with van der Waals surface area (Å²) in [5.41, 5.74) is 0. The first kappa shape index (κ1) is 17.9. The van der Waals surface area contributed by atoms with Crippen molar-refractivity contribution in [3.63, 3.8) is 0 Å². The predicted octanol–water partition coefficient (Wildman–Crippen LogP) is 2.76. The van der Waals surface area contributed by atoms with Crippen LogP contribution in [-0.2, 0) is 4.74 Å². The van der Waals surface area contributed by atoms with Gasteiger partial charge in [0.2, 0.25) is 0 Å². The number of ether oxygens (including phenoxy) is 1. The van der Waals surface area contributed by atoms with E-state index >= 15 is 0 Å². The molecule has 0 amide bonds. The molecule has 1 N–H and O–H groups in total. The van der Waals surface area contributed by atoms with Crippen LogP contribution in [0.3, 0.4) is 0 Å². The Kier molecular flexibility index (Phi) is 10.7. The Labute approximate surface area is 114 Å². The van der Waals surface area contributed by atoms with Crippen LogP contribution < -0.4 is 5.32 Å². The van der Waals surface area contributed by atoms with Crippen molar-refractivity contribution in [2.24, 2.45) is 5.92 Å². The Morgan fingerprint density at radius 1 is 1.17 bits per heavy atom. The maximum atomic E-state index is 5.22. The molecule has 0 aromatic rings. The quantitative estimate of drug-likeness (QED) is 0.617. The lowest BCUT2D eigenvalue weighted by Gasteiger charge is -2.32. The van der Waals surface area contributed by atoms with Crippen LogP contribution in [-0.4, -0.2) is 50.3 Å². The molecule has 0 rings (SSSR count). The van der Waals surface area contributed by atoms with E-state index in [9.17, 15) is 0 Å². The summed E-state index contributed by atoms with van der Waals surface area (Å²) < 4.78 is 5.22. The van der Waals surface area contributed by atoms with Gasteiger partial charge in [0.1, 0.15) is 0 Å². The van der Waals surface area contributed by atoms with E-state index in [-0.39, 0.29) is 0 Å². The molecule has 0 bridgehead atoms. The Bertz CT molecular complexity index is 185. The zero-order valence-corrected chi connectivity index (χ0v) is 13.3. The van der Waals surface area contributed by atoms with Gasteiger partial charge in [-0.3, -0.25) is 4.90 Å². The van der Waals surface area contributed by atoms with E-state index in [0.29, 0.717) is 18.0 Å². The van der Waals surface area contributed by atoms with E-state index in [2.05, 4.69) is 44.8 Å².